The quantitative estimate of drug-likeness (QED) is 0.531. The third-order valence-electron chi connectivity index (χ3n) is 3.89. The summed E-state index contributed by atoms with van der Waals surface area (Å²) < 4.78 is 0. The first-order valence-corrected chi connectivity index (χ1v) is 9.27. The van der Waals surface area contributed by atoms with Crippen LogP contribution in [0.15, 0.2) is 48.5 Å². The van der Waals surface area contributed by atoms with Crippen molar-refractivity contribution in [2.24, 2.45) is 0 Å². The highest BCUT2D eigenvalue weighted by Gasteiger charge is 2.11. The van der Waals surface area contributed by atoms with E-state index >= 15 is 0 Å². The minimum Gasteiger partial charge on any atom is -0.395 e. The topological polar surface area (TPSA) is 93.9 Å². The summed E-state index contributed by atoms with van der Waals surface area (Å²) in [5.41, 5.74) is 2.81. The first-order valence-electron chi connectivity index (χ1n) is 8.52. The van der Waals surface area contributed by atoms with Gasteiger partial charge in [-0.1, -0.05) is 29.3 Å². The van der Waals surface area contributed by atoms with Crippen molar-refractivity contribution >= 4 is 40.7 Å². The number of rotatable bonds is 7. The van der Waals surface area contributed by atoms with E-state index in [4.69, 9.17) is 33.6 Å². The summed E-state index contributed by atoms with van der Waals surface area (Å²) in [4.78, 5) is 8.97. The molecule has 28 heavy (non-hydrogen) atoms. The van der Waals surface area contributed by atoms with Crippen LogP contribution in [0, 0.1) is 11.3 Å². The van der Waals surface area contributed by atoms with E-state index in [1.54, 1.807) is 48.5 Å². The van der Waals surface area contributed by atoms with Gasteiger partial charge in [-0.15, -0.1) is 0 Å². The molecule has 0 radical (unpaired) electrons. The minimum absolute atomic E-state index is 0.0198. The highest BCUT2D eigenvalue weighted by Crippen LogP contribution is 2.27. The second-order valence-electron chi connectivity index (χ2n) is 5.91. The number of anilines is 3. The van der Waals surface area contributed by atoms with E-state index in [1.807, 2.05) is 0 Å². The van der Waals surface area contributed by atoms with Gasteiger partial charge >= 0.3 is 0 Å². The predicted molar refractivity (Wildman–Crippen MR) is 111 cm³/mol. The van der Waals surface area contributed by atoms with Crippen molar-refractivity contribution < 1.29 is 5.11 Å². The van der Waals surface area contributed by atoms with Gasteiger partial charge in [0.15, 0.2) is 0 Å². The Kier molecular flexibility index (Phi) is 6.66. The predicted octanol–water partition coefficient (Wildman–Crippen LogP) is 4.39. The summed E-state index contributed by atoms with van der Waals surface area (Å²) in [6, 6.07) is 16.2. The number of aliphatic hydroxyl groups is 1. The molecule has 0 saturated heterocycles. The lowest BCUT2D eigenvalue weighted by Crippen LogP contribution is -2.10. The van der Waals surface area contributed by atoms with Crippen molar-refractivity contribution in [3.63, 3.8) is 0 Å². The Morgan fingerprint density at radius 2 is 1.75 bits per heavy atom. The van der Waals surface area contributed by atoms with Gasteiger partial charge < -0.3 is 15.7 Å². The van der Waals surface area contributed by atoms with E-state index in [0.717, 1.165) is 11.3 Å². The van der Waals surface area contributed by atoms with E-state index in [1.165, 1.54) is 0 Å². The van der Waals surface area contributed by atoms with Crippen molar-refractivity contribution in [1.29, 1.82) is 5.26 Å². The molecule has 0 aliphatic carbocycles. The number of hydrogen-bond acceptors (Lipinski definition) is 6. The van der Waals surface area contributed by atoms with Crippen LogP contribution in [0.4, 0.5) is 17.5 Å². The van der Waals surface area contributed by atoms with Gasteiger partial charge in [0.05, 0.1) is 23.9 Å². The lowest BCUT2D eigenvalue weighted by molar-refractivity contribution is 0.311. The van der Waals surface area contributed by atoms with Crippen molar-refractivity contribution in [2.45, 2.75) is 6.42 Å². The molecule has 0 atom stereocenters. The Morgan fingerprint density at radius 3 is 2.39 bits per heavy atom. The lowest BCUT2D eigenvalue weighted by atomic mass is 10.1. The van der Waals surface area contributed by atoms with Gasteiger partial charge in [-0.3, -0.25) is 0 Å². The minimum atomic E-state index is -0.0198. The number of nitrogens with one attached hydrogen (secondary N) is 2. The molecule has 1 heterocycles. The summed E-state index contributed by atoms with van der Waals surface area (Å²) in [7, 11) is 0. The van der Waals surface area contributed by atoms with Crippen LogP contribution in [0.3, 0.4) is 0 Å². The zero-order valence-corrected chi connectivity index (χ0v) is 16.3. The molecule has 2 aromatic carbocycles. The molecule has 0 amide bonds. The van der Waals surface area contributed by atoms with E-state index in [9.17, 15) is 0 Å². The maximum absolute atomic E-state index is 9.08. The largest absolute Gasteiger partial charge is 0.395 e. The Labute approximate surface area is 172 Å². The molecule has 8 heteroatoms. The third kappa shape index (κ3) is 5.11. The van der Waals surface area contributed by atoms with Gasteiger partial charge in [-0.25, -0.2) is 4.98 Å². The van der Waals surface area contributed by atoms with Crippen molar-refractivity contribution in [2.75, 3.05) is 23.8 Å². The number of aliphatic hydroxyl groups excluding tert-OH is 1. The van der Waals surface area contributed by atoms with Crippen LogP contribution in [0.1, 0.15) is 16.8 Å². The monoisotopic (exact) mass is 413 g/mol. The number of nitriles is 1. The second-order valence-corrected chi connectivity index (χ2v) is 6.72. The van der Waals surface area contributed by atoms with E-state index in [2.05, 4.69) is 26.7 Å². The van der Waals surface area contributed by atoms with Gasteiger partial charge in [0.25, 0.3) is 0 Å². The number of hydrogen-bond donors (Lipinski definition) is 3. The van der Waals surface area contributed by atoms with Crippen LogP contribution >= 0.6 is 23.2 Å². The standard InChI is InChI=1S/C20H17Cl2N5O/c21-17-2-1-3-18(22)16(17)10-15-11-19(24-8-9-28)27-20(26-15)25-14-6-4-13(12-23)5-7-14/h1-7,11,28H,8-10H2,(H2,24,25,26,27). The summed E-state index contributed by atoms with van der Waals surface area (Å²) in [5, 5.41) is 25.3. The van der Waals surface area contributed by atoms with Gasteiger partial charge in [-0.05, 0) is 42.0 Å². The highest BCUT2D eigenvalue weighted by molar-refractivity contribution is 6.36. The molecule has 1 aromatic heterocycles. The number of nitrogens with zero attached hydrogens (tertiary/aromatic N) is 3. The SMILES string of the molecule is N#Cc1ccc(Nc2nc(Cc3c(Cl)cccc3Cl)cc(NCCO)n2)cc1. The average Bonchev–Trinajstić information content (AvgIpc) is 2.70. The lowest BCUT2D eigenvalue weighted by Gasteiger charge is -2.12. The molecule has 0 bridgehead atoms. The van der Waals surface area contributed by atoms with Gasteiger partial charge in [0, 0.05) is 34.8 Å². The molecule has 3 rings (SSSR count). The summed E-state index contributed by atoms with van der Waals surface area (Å²) in [6.45, 7) is 0.341. The molecule has 3 N–H and O–H groups in total. The summed E-state index contributed by atoms with van der Waals surface area (Å²) in [6.07, 6.45) is 0.427. The van der Waals surface area contributed by atoms with Crippen molar-refractivity contribution in [3.05, 3.63) is 75.4 Å². The van der Waals surface area contributed by atoms with Crippen LogP contribution in [0.5, 0.6) is 0 Å². The second kappa shape index (κ2) is 9.38. The fourth-order valence-corrected chi connectivity index (χ4v) is 3.09. The zero-order chi connectivity index (χ0) is 19.9. The summed E-state index contributed by atoms with van der Waals surface area (Å²) in [5.74, 6) is 0.948. The van der Waals surface area contributed by atoms with Crippen LogP contribution in [-0.4, -0.2) is 28.2 Å². The van der Waals surface area contributed by atoms with Crippen LogP contribution in [0.25, 0.3) is 0 Å². The molecule has 6 nitrogen and oxygen atoms in total. The van der Waals surface area contributed by atoms with E-state index in [-0.39, 0.29) is 6.61 Å². The van der Waals surface area contributed by atoms with Crippen LogP contribution in [0.2, 0.25) is 10.0 Å². The molecule has 0 fully saturated rings. The Bertz CT molecular complexity index is 982. The fraction of sp³-hybridized carbons (Fsp3) is 0.150. The number of benzene rings is 2. The molecule has 0 aliphatic heterocycles. The fourth-order valence-electron chi connectivity index (χ4n) is 2.56. The Morgan fingerprint density at radius 1 is 1.04 bits per heavy atom. The Balaban J connectivity index is 1.90. The van der Waals surface area contributed by atoms with Crippen molar-refractivity contribution in [1.82, 2.24) is 9.97 Å². The van der Waals surface area contributed by atoms with Crippen molar-refractivity contribution in [3.8, 4) is 6.07 Å². The maximum atomic E-state index is 9.08. The van der Waals surface area contributed by atoms with E-state index < -0.39 is 0 Å². The third-order valence-corrected chi connectivity index (χ3v) is 4.60. The maximum Gasteiger partial charge on any atom is 0.229 e. The summed E-state index contributed by atoms with van der Waals surface area (Å²) >= 11 is 12.6. The van der Waals surface area contributed by atoms with Gasteiger partial charge in [0.2, 0.25) is 5.95 Å². The molecule has 142 valence electrons. The first kappa shape index (κ1) is 19.9. The highest BCUT2D eigenvalue weighted by atomic mass is 35.5. The van der Waals surface area contributed by atoms with E-state index in [0.29, 0.717) is 46.0 Å². The smallest absolute Gasteiger partial charge is 0.229 e. The van der Waals surface area contributed by atoms with Crippen LogP contribution in [-0.2, 0) is 6.42 Å². The molecule has 0 unspecified atom stereocenters. The molecule has 3 aromatic rings. The first-order chi connectivity index (χ1) is 13.6. The van der Waals surface area contributed by atoms with Gasteiger partial charge in [0.1, 0.15) is 5.82 Å². The zero-order valence-electron chi connectivity index (χ0n) is 14.8. The molecule has 0 spiro atoms. The molecular formula is C20H17Cl2N5O. The molecule has 0 saturated carbocycles. The molecular weight excluding hydrogens is 397 g/mol. The average molecular weight is 414 g/mol. The molecule has 0 aliphatic rings. The number of halogens is 2. The number of aromatic nitrogens is 2. The van der Waals surface area contributed by atoms with Gasteiger partial charge in [-0.2, -0.15) is 10.2 Å². The normalized spacial score (nSPS) is 10.4. The Hall–Kier alpha value is -2.85. The van der Waals surface area contributed by atoms with Crippen LogP contribution < -0.4 is 10.6 Å².